The number of carbonyl (C=O) groups excluding carboxylic acids is 2. The van der Waals surface area contributed by atoms with Crippen LogP contribution in [0.1, 0.15) is 39.5 Å². The lowest BCUT2D eigenvalue weighted by molar-refractivity contribution is -0.126. The fraction of sp³-hybridized carbons (Fsp3) is 0.692. The van der Waals surface area contributed by atoms with Crippen LogP contribution in [-0.4, -0.2) is 29.6 Å². The monoisotopic (exact) mass is 221 g/mol. The zero-order chi connectivity index (χ0) is 11.7. The van der Waals surface area contributed by atoms with Crippen LogP contribution in [0.15, 0.2) is 11.3 Å². The smallest absolute Gasteiger partial charge is 0.170 e. The number of allylic oxidation sites excluding steroid dienone is 2. The first kappa shape index (κ1) is 11.4. The second kappa shape index (κ2) is 4.40. The molecule has 0 radical (unpaired) electrons. The van der Waals surface area contributed by atoms with E-state index in [0.717, 1.165) is 18.8 Å². The highest BCUT2D eigenvalue weighted by atomic mass is 16.2. The van der Waals surface area contributed by atoms with Gasteiger partial charge < -0.3 is 4.90 Å². The lowest BCUT2D eigenvalue weighted by Gasteiger charge is -2.25. The maximum absolute atomic E-state index is 12.0. The molecule has 0 N–H and O–H groups in total. The minimum absolute atomic E-state index is 0.0188. The summed E-state index contributed by atoms with van der Waals surface area (Å²) in [4.78, 5) is 26.1. The molecule has 16 heavy (non-hydrogen) atoms. The van der Waals surface area contributed by atoms with Gasteiger partial charge in [0.25, 0.3) is 0 Å². The molecule has 1 aliphatic heterocycles. The molecule has 0 aromatic rings. The first-order valence-electron chi connectivity index (χ1n) is 6.14. The van der Waals surface area contributed by atoms with Crippen LogP contribution in [0, 0.1) is 5.92 Å². The van der Waals surface area contributed by atoms with Crippen LogP contribution in [0.2, 0.25) is 0 Å². The second-order valence-corrected chi connectivity index (χ2v) is 4.88. The predicted molar refractivity (Wildman–Crippen MR) is 61.9 cm³/mol. The first-order chi connectivity index (χ1) is 7.61. The van der Waals surface area contributed by atoms with Crippen molar-refractivity contribution in [3.05, 3.63) is 11.3 Å². The van der Waals surface area contributed by atoms with Crippen molar-refractivity contribution in [1.82, 2.24) is 4.90 Å². The molecule has 1 unspecified atom stereocenters. The Kier molecular flexibility index (Phi) is 3.13. The molecule has 1 saturated heterocycles. The van der Waals surface area contributed by atoms with Gasteiger partial charge in [0.1, 0.15) is 0 Å². The molecule has 0 bridgehead atoms. The first-order valence-corrected chi connectivity index (χ1v) is 6.14. The van der Waals surface area contributed by atoms with Crippen molar-refractivity contribution in [2.24, 2.45) is 5.92 Å². The van der Waals surface area contributed by atoms with E-state index in [1.54, 1.807) is 0 Å². The molecular weight excluding hydrogens is 202 g/mol. The Hall–Kier alpha value is -1.12. The van der Waals surface area contributed by atoms with E-state index in [1.165, 1.54) is 12.8 Å². The lowest BCUT2D eigenvalue weighted by atomic mass is 9.83. The molecule has 0 aromatic heterocycles. The Morgan fingerprint density at radius 1 is 1.25 bits per heavy atom. The molecule has 3 nitrogen and oxygen atoms in total. The van der Waals surface area contributed by atoms with Crippen molar-refractivity contribution in [3.63, 3.8) is 0 Å². The summed E-state index contributed by atoms with van der Waals surface area (Å²) in [5.41, 5.74) is 1.40. The summed E-state index contributed by atoms with van der Waals surface area (Å²) < 4.78 is 0. The van der Waals surface area contributed by atoms with Gasteiger partial charge in [0.15, 0.2) is 11.6 Å². The quantitative estimate of drug-likeness (QED) is 0.501. The van der Waals surface area contributed by atoms with Crippen LogP contribution in [0.4, 0.5) is 0 Å². The van der Waals surface area contributed by atoms with Gasteiger partial charge in [0, 0.05) is 31.1 Å². The van der Waals surface area contributed by atoms with Crippen LogP contribution in [-0.2, 0) is 9.59 Å². The van der Waals surface area contributed by atoms with Crippen molar-refractivity contribution in [3.8, 4) is 0 Å². The minimum Gasteiger partial charge on any atom is -0.374 e. The highest BCUT2D eigenvalue weighted by molar-refractivity contribution is 6.22. The Bertz CT molecular complexity index is 351. The normalized spacial score (nSPS) is 29.9. The Labute approximate surface area is 96.5 Å². The molecule has 1 saturated carbocycles. The van der Waals surface area contributed by atoms with Gasteiger partial charge in [-0.2, -0.15) is 0 Å². The van der Waals surface area contributed by atoms with Crippen LogP contribution in [0.5, 0.6) is 0 Å². The molecule has 0 spiro atoms. The van der Waals surface area contributed by atoms with Crippen LogP contribution in [0.25, 0.3) is 0 Å². The van der Waals surface area contributed by atoms with Crippen molar-refractivity contribution in [1.29, 1.82) is 0 Å². The maximum Gasteiger partial charge on any atom is 0.170 e. The number of carbonyl (C=O) groups is 2. The summed E-state index contributed by atoms with van der Waals surface area (Å²) in [5, 5.41) is 0. The van der Waals surface area contributed by atoms with E-state index in [-0.39, 0.29) is 17.5 Å². The van der Waals surface area contributed by atoms with E-state index in [0.29, 0.717) is 18.4 Å². The number of hydrogen-bond donors (Lipinski definition) is 0. The number of Topliss-reactive ketones (excluding diaryl/α,β-unsaturated/α-hetero) is 2. The minimum atomic E-state index is 0.0188. The third kappa shape index (κ3) is 1.91. The highest BCUT2D eigenvalue weighted by Gasteiger charge is 2.32. The SMILES string of the molecule is C/C(=C1\C(=O)CCC(C)C1=O)N1CCCC1. The molecule has 0 amide bonds. The van der Waals surface area contributed by atoms with E-state index < -0.39 is 0 Å². The number of likely N-dealkylation sites (tertiary alicyclic amines) is 1. The van der Waals surface area contributed by atoms with Gasteiger partial charge in [-0.25, -0.2) is 0 Å². The predicted octanol–water partition coefficient (Wildman–Crippen LogP) is 1.92. The third-order valence-electron chi connectivity index (χ3n) is 3.72. The summed E-state index contributed by atoms with van der Waals surface area (Å²) in [7, 11) is 0. The van der Waals surface area contributed by atoms with Crippen molar-refractivity contribution < 1.29 is 9.59 Å². The average Bonchev–Trinajstić information content (AvgIpc) is 2.77. The van der Waals surface area contributed by atoms with E-state index in [9.17, 15) is 9.59 Å². The van der Waals surface area contributed by atoms with Crippen molar-refractivity contribution in [2.75, 3.05) is 13.1 Å². The molecule has 2 rings (SSSR count). The summed E-state index contributed by atoms with van der Waals surface area (Å²) in [6.07, 6.45) is 3.59. The van der Waals surface area contributed by atoms with E-state index in [4.69, 9.17) is 0 Å². The van der Waals surface area contributed by atoms with Gasteiger partial charge in [-0.3, -0.25) is 9.59 Å². The highest BCUT2D eigenvalue weighted by Crippen LogP contribution is 2.27. The topological polar surface area (TPSA) is 37.4 Å². The fourth-order valence-electron chi connectivity index (χ4n) is 2.58. The zero-order valence-corrected chi connectivity index (χ0v) is 10.1. The van der Waals surface area contributed by atoms with Gasteiger partial charge in [0.05, 0.1) is 5.57 Å². The van der Waals surface area contributed by atoms with E-state index in [1.807, 2.05) is 13.8 Å². The van der Waals surface area contributed by atoms with Gasteiger partial charge in [0.2, 0.25) is 0 Å². The molecule has 1 aliphatic carbocycles. The largest absolute Gasteiger partial charge is 0.374 e. The van der Waals surface area contributed by atoms with Gasteiger partial charge in [-0.05, 0) is 26.2 Å². The molecule has 88 valence electrons. The molecule has 3 heteroatoms. The average molecular weight is 221 g/mol. The van der Waals surface area contributed by atoms with Crippen molar-refractivity contribution >= 4 is 11.6 Å². The summed E-state index contributed by atoms with van der Waals surface area (Å²) in [6.45, 7) is 5.83. The summed E-state index contributed by atoms with van der Waals surface area (Å²) >= 11 is 0. The molecule has 0 aromatic carbocycles. The summed E-state index contributed by atoms with van der Waals surface area (Å²) in [6, 6.07) is 0. The Morgan fingerprint density at radius 2 is 1.88 bits per heavy atom. The second-order valence-electron chi connectivity index (χ2n) is 4.88. The third-order valence-corrected chi connectivity index (χ3v) is 3.72. The number of nitrogens with zero attached hydrogens (tertiary/aromatic N) is 1. The van der Waals surface area contributed by atoms with Crippen LogP contribution < -0.4 is 0 Å². The molecular formula is C13H19NO2. The standard InChI is InChI=1S/C13H19NO2/c1-9-5-6-11(15)12(13(9)16)10(2)14-7-3-4-8-14/h9H,3-8H2,1-2H3/b12-10-. The summed E-state index contributed by atoms with van der Waals surface area (Å²) in [5.74, 6) is 0.124. The Balaban J connectivity index is 2.30. The number of ketones is 2. The fourth-order valence-corrected chi connectivity index (χ4v) is 2.58. The number of rotatable bonds is 1. The van der Waals surface area contributed by atoms with Crippen LogP contribution >= 0.6 is 0 Å². The van der Waals surface area contributed by atoms with Gasteiger partial charge in [-0.1, -0.05) is 6.92 Å². The number of hydrogen-bond acceptors (Lipinski definition) is 3. The molecule has 1 heterocycles. The van der Waals surface area contributed by atoms with Crippen molar-refractivity contribution in [2.45, 2.75) is 39.5 Å². The Morgan fingerprint density at radius 3 is 2.50 bits per heavy atom. The lowest BCUT2D eigenvalue weighted by Crippen LogP contribution is -2.31. The van der Waals surface area contributed by atoms with Crippen LogP contribution in [0.3, 0.4) is 0 Å². The van der Waals surface area contributed by atoms with E-state index in [2.05, 4.69) is 4.90 Å². The zero-order valence-electron chi connectivity index (χ0n) is 10.1. The van der Waals surface area contributed by atoms with E-state index >= 15 is 0 Å². The molecule has 2 aliphatic rings. The maximum atomic E-state index is 12.0. The molecule has 2 fully saturated rings. The van der Waals surface area contributed by atoms with Gasteiger partial charge in [-0.15, -0.1) is 0 Å². The molecule has 1 atom stereocenters. The van der Waals surface area contributed by atoms with Gasteiger partial charge >= 0.3 is 0 Å².